The van der Waals surface area contributed by atoms with Gasteiger partial charge in [0.1, 0.15) is 0 Å². The van der Waals surface area contributed by atoms with Crippen LogP contribution in [0.3, 0.4) is 0 Å². The van der Waals surface area contributed by atoms with Crippen LogP contribution in [0.2, 0.25) is 0 Å². The first-order valence-corrected chi connectivity index (χ1v) is 1.92. The number of furan rings is 1. The van der Waals surface area contributed by atoms with Gasteiger partial charge in [0.15, 0.2) is 12.0 Å². The molecule has 0 N–H and O–H groups in total. The Labute approximate surface area is 70.7 Å². The van der Waals surface area contributed by atoms with Crippen molar-refractivity contribution in [3.05, 3.63) is 24.2 Å². The van der Waals surface area contributed by atoms with Crippen LogP contribution in [-0.4, -0.2) is 6.29 Å². The first kappa shape index (κ1) is 7.95. The average molecular weight is 120 g/mol. The molecule has 2 nitrogen and oxygen atoms in total. The van der Waals surface area contributed by atoms with E-state index in [2.05, 4.69) is 4.42 Å². The van der Waals surface area contributed by atoms with Gasteiger partial charge in [0.2, 0.25) is 0 Å². The van der Waals surface area contributed by atoms with Crippen LogP contribution in [0, 0.1) is 0 Å². The van der Waals surface area contributed by atoms with Crippen molar-refractivity contribution in [3.8, 4) is 0 Å². The molecule has 0 saturated heterocycles. The third-order valence-corrected chi connectivity index (χ3v) is 0.659. The fraction of sp³-hybridized carbons (Fsp3) is 0. The second-order valence-electron chi connectivity index (χ2n) is 1.13. The quantitative estimate of drug-likeness (QED) is 0.323. The molecule has 0 aromatic carbocycles. The van der Waals surface area contributed by atoms with Crippen LogP contribution in [0.5, 0.6) is 0 Å². The van der Waals surface area contributed by atoms with Crippen molar-refractivity contribution < 1.29 is 40.2 Å². The summed E-state index contributed by atoms with van der Waals surface area (Å²) in [6.07, 6.45) is 2.13. The summed E-state index contributed by atoms with van der Waals surface area (Å²) in [5.41, 5.74) is 0. The molecular formula is C5H5NaO2. The zero-order chi connectivity index (χ0) is 5.11. The van der Waals surface area contributed by atoms with E-state index in [0.29, 0.717) is 12.0 Å². The molecule has 0 bridgehead atoms. The van der Waals surface area contributed by atoms with Gasteiger partial charge in [0, 0.05) is 0 Å². The largest absolute Gasteiger partial charge is 1.00 e. The Morgan fingerprint density at radius 2 is 2.50 bits per heavy atom. The van der Waals surface area contributed by atoms with Gasteiger partial charge in [0.25, 0.3) is 0 Å². The molecule has 38 valence electrons. The van der Waals surface area contributed by atoms with E-state index < -0.39 is 0 Å². The second kappa shape index (κ2) is 3.89. The van der Waals surface area contributed by atoms with Crippen molar-refractivity contribution in [2.45, 2.75) is 0 Å². The van der Waals surface area contributed by atoms with Crippen LogP contribution in [0.4, 0.5) is 0 Å². The molecule has 0 aliphatic carbocycles. The molecule has 1 heterocycles. The van der Waals surface area contributed by atoms with E-state index in [-0.39, 0.29) is 31.0 Å². The summed E-state index contributed by atoms with van der Waals surface area (Å²) in [5.74, 6) is 0.375. The predicted octanol–water partition coefficient (Wildman–Crippen LogP) is -1.79. The minimum Gasteiger partial charge on any atom is -1.00 e. The zero-order valence-corrected chi connectivity index (χ0v) is 6.63. The molecule has 1 rings (SSSR count). The van der Waals surface area contributed by atoms with Gasteiger partial charge in [-0.3, -0.25) is 4.79 Å². The molecule has 0 unspecified atom stereocenters. The summed E-state index contributed by atoms with van der Waals surface area (Å²) in [6.45, 7) is 0. The van der Waals surface area contributed by atoms with Gasteiger partial charge in [-0.1, -0.05) is 0 Å². The topological polar surface area (TPSA) is 30.2 Å². The maximum Gasteiger partial charge on any atom is 1.00 e. The van der Waals surface area contributed by atoms with E-state index in [4.69, 9.17) is 0 Å². The molecule has 0 aliphatic rings. The normalized spacial score (nSPS) is 7.50. The first-order valence-electron chi connectivity index (χ1n) is 1.92. The Bertz CT molecular complexity index is 150. The molecule has 0 atom stereocenters. The fourth-order valence-corrected chi connectivity index (χ4v) is 0.358. The smallest absolute Gasteiger partial charge is 1.00 e. The van der Waals surface area contributed by atoms with Crippen molar-refractivity contribution in [1.29, 1.82) is 0 Å². The summed E-state index contributed by atoms with van der Waals surface area (Å²) < 4.78 is 4.61. The average Bonchev–Trinajstić information content (AvgIpc) is 2.14. The van der Waals surface area contributed by atoms with Gasteiger partial charge in [-0.15, -0.1) is 0 Å². The van der Waals surface area contributed by atoms with Gasteiger partial charge >= 0.3 is 29.6 Å². The van der Waals surface area contributed by atoms with Crippen molar-refractivity contribution in [2.75, 3.05) is 0 Å². The SMILES string of the molecule is O=Cc1ccco1.[H-].[Na+]. The van der Waals surface area contributed by atoms with Crippen molar-refractivity contribution in [1.82, 2.24) is 0 Å². The standard InChI is InChI=1S/C5H4O2.Na.H/c6-4-5-2-1-3-7-5;;/h1-4H;;/q;+1;-1. The van der Waals surface area contributed by atoms with E-state index in [1.54, 1.807) is 12.1 Å². The maximum absolute atomic E-state index is 9.77. The number of hydrogen-bond donors (Lipinski definition) is 0. The van der Waals surface area contributed by atoms with Crippen LogP contribution in [0.1, 0.15) is 12.0 Å². The molecule has 0 radical (unpaired) electrons. The monoisotopic (exact) mass is 120 g/mol. The molecule has 3 heteroatoms. The van der Waals surface area contributed by atoms with Crippen LogP contribution in [0.25, 0.3) is 0 Å². The summed E-state index contributed by atoms with van der Waals surface area (Å²) in [4.78, 5) is 9.77. The Balaban J connectivity index is 0. The molecule has 1 aromatic rings. The molecular weight excluding hydrogens is 115 g/mol. The summed E-state index contributed by atoms with van der Waals surface area (Å²) in [5, 5.41) is 0. The molecule has 0 aliphatic heterocycles. The minimum absolute atomic E-state index is 0. The maximum atomic E-state index is 9.77. The van der Waals surface area contributed by atoms with Crippen molar-refractivity contribution >= 4 is 6.29 Å². The van der Waals surface area contributed by atoms with Gasteiger partial charge in [-0.25, -0.2) is 0 Å². The number of carbonyl (C=O) groups is 1. The number of carbonyl (C=O) groups excluding carboxylic acids is 1. The summed E-state index contributed by atoms with van der Waals surface area (Å²) in [7, 11) is 0. The molecule has 0 amide bonds. The van der Waals surface area contributed by atoms with Crippen LogP contribution in [0.15, 0.2) is 22.8 Å². The van der Waals surface area contributed by atoms with E-state index in [0.717, 1.165) is 0 Å². The molecule has 0 spiro atoms. The number of hydrogen-bond acceptors (Lipinski definition) is 2. The van der Waals surface area contributed by atoms with Crippen LogP contribution in [-0.2, 0) is 0 Å². The summed E-state index contributed by atoms with van der Waals surface area (Å²) >= 11 is 0. The van der Waals surface area contributed by atoms with Gasteiger partial charge in [-0.05, 0) is 12.1 Å². The molecule has 1 aromatic heterocycles. The van der Waals surface area contributed by atoms with Crippen molar-refractivity contribution in [3.63, 3.8) is 0 Å². The Hall–Kier alpha value is -0.0500. The van der Waals surface area contributed by atoms with E-state index >= 15 is 0 Å². The van der Waals surface area contributed by atoms with Gasteiger partial charge in [0.05, 0.1) is 6.26 Å². The van der Waals surface area contributed by atoms with Crippen LogP contribution >= 0.6 is 0 Å². The zero-order valence-electron chi connectivity index (χ0n) is 5.63. The Morgan fingerprint density at radius 1 is 1.75 bits per heavy atom. The molecule has 0 fully saturated rings. The third-order valence-electron chi connectivity index (χ3n) is 0.659. The Kier molecular flexibility index (Phi) is 3.87. The number of rotatable bonds is 1. The second-order valence-corrected chi connectivity index (χ2v) is 1.13. The predicted molar refractivity (Wildman–Crippen MR) is 25.2 cm³/mol. The van der Waals surface area contributed by atoms with E-state index in [9.17, 15) is 4.79 Å². The minimum atomic E-state index is 0. The summed E-state index contributed by atoms with van der Waals surface area (Å²) in [6, 6.07) is 3.27. The van der Waals surface area contributed by atoms with E-state index in [1.165, 1.54) is 6.26 Å². The van der Waals surface area contributed by atoms with Crippen molar-refractivity contribution in [2.24, 2.45) is 0 Å². The fourth-order valence-electron chi connectivity index (χ4n) is 0.358. The van der Waals surface area contributed by atoms with E-state index in [1.807, 2.05) is 0 Å². The van der Waals surface area contributed by atoms with Gasteiger partial charge in [-0.2, -0.15) is 0 Å². The van der Waals surface area contributed by atoms with Gasteiger partial charge < -0.3 is 5.84 Å². The Morgan fingerprint density at radius 3 is 2.75 bits per heavy atom. The van der Waals surface area contributed by atoms with Crippen LogP contribution < -0.4 is 29.6 Å². The first-order chi connectivity index (χ1) is 3.43. The molecule has 0 saturated carbocycles. The number of aldehydes is 1. The third kappa shape index (κ3) is 1.82. The molecule has 8 heavy (non-hydrogen) atoms.